The Labute approximate surface area is 43.8 Å². The van der Waals surface area contributed by atoms with Crippen molar-refractivity contribution in [1.82, 2.24) is 0 Å². The van der Waals surface area contributed by atoms with E-state index in [9.17, 15) is 0 Å². The Balaban J connectivity index is 0. The zero-order chi connectivity index (χ0) is 6.12. The number of rotatable bonds is 1. The predicted molar refractivity (Wildman–Crippen MR) is 31.4 cm³/mol. The van der Waals surface area contributed by atoms with Crippen molar-refractivity contribution in [1.29, 1.82) is 0 Å². The Morgan fingerprint density at radius 3 is 0.857 bits per heavy atom. The summed E-state index contributed by atoms with van der Waals surface area (Å²) in [6.07, 6.45) is 0. The summed E-state index contributed by atoms with van der Waals surface area (Å²) < 4.78 is 0. The summed E-state index contributed by atoms with van der Waals surface area (Å²) in [4.78, 5) is 0. The lowest BCUT2D eigenvalue weighted by Crippen LogP contribution is -2.11. The van der Waals surface area contributed by atoms with Crippen molar-refractivity contribution in [3.8, 4) is 0 Å². The molecule has 0 aromatic carbocycles. The molecule has 0 aromatic heterocycles. The van der Waals surface area contributed by atoms with Crippen molar-refractivity contribution < 1.29 is 0 Å². The Morgan fingerprint density at radius 2 is 0.857 bits per heavy atom. The first-order valence-corrected chi connectivity index (χ1v) is 2.13. The maximum atomic E-state index is 4.90. The number of hydrogen-bond donors (Lipinski definition) is 4. The topological polar surface area (TPSA) is 104 Å². The molecule has 7 heavy (non-hydrogen) atoms. The molecule has 0 saturated heterocycles. The fourth-order valence-corrected chi connectivity index (χ4v) is 0. The summed E-state index contributed by atoms with van der Waals surface area (Å²) in [5.74, 6) is 0. The zero-order valence-electron chi connectivity index (χ0n) is 4.43. The molecule has 0 aliphatic carbocycles. The molecule has 0 fully saturated rings. The summed E-state index contributed by atoms with van der Waals surface area (Å²) in [5, 5.41) is 0. The van der Waals surface area contributed by atoms with E-state index in [4.69, 9.17) is 11.5 Å². The maximum Gasteiger partial charge on any atom is 0.0403 e. The molecule has 0 unspecified atom stereocenters. The Hall–Kier alpha value is -0.160. The van der Waals surface area contributed by atoms with Crippen molar-refractivity contribution in [2.45, 2.75) is 0 Å². The van der Waals surface area contributed by atoms with Crippen molar-refractivity contribution >= 4 is 0 Å². The minimum absolute atomic E-state index is 0.250. The smallest absolute Gasteiger partial charge is 0.0403 e. The zero-order valence-corrected chi connectivity index (χ0v) is 4.43. The van der Waals surface area contributed by atoms with Crippen LogP contribution in [0.2, 0.25) is 0 Å². The summed E-state index contributed by atoms with van der Waals surface area (Å²) in [5.41, 5.74) is 19.1. The summed E-state index contributed by atoms with van der Waals surface area (Å²) in [6, 6.07) is 0. The third kappa shape index (κ3) is 122. The highest BCUT2D eigenvalue weighted by Gasteiger charge is 1.54. The monoisotopic (exact) mass is 106 g/mol. The van der Waals surface area contributed by atoms with Gasteiger partial charge in [-0.15, -0.1) is 0 Å². The van der Waals surface area contributed by atoms with Crippen molar-refractivity contribution in [3.63, 3.8) is 0 Å². The van der Waals surface area contributed by atoms with Crippen molar-refractivity contribution in [2.75, 3.05) is 19.8 Å². The molecular weight excluding hydrogens is 92.1 g/mol. The van der Waals surface area contributed by atoms with Crippen LogP contribution in [0, 0.1) is 0 Å². The molecule has 0 amide bonds. The van der Waals surface area contributed by atoms with Gasteiger partial charge in [-0.05, 0) is 0 Å². The van der Waals surface area contributed by atoms with E-state index in [0.717, 1.165) is 0 Å². The Bertz CT molecular complexity index is 14.4. The van der Waals surface area contributed by atoms with Crippen LogP contribution in [0.1, 0.15) is 0 Å². The summed E-state index contributed by atoms with van der Waals surface area (Å²) in [7, 11) is 0. The molecule has 0 aliphatic rings. The van der Waals surface area contributed by atoms with Crippen LogP contribution in [0.3, 0.4) is 0 Å². The van der Waals surface area contributed by atoms with E-state index in [0.29, 0.717) is 13.1 Å². The van der Waals surface area contributed by atoms with Crippen LogP contribution < -0.4 is 22.9 Å². The lowest BCUT2D eigenvalue weighted by Gasteiger charge is -1.72. The molecule has 0 radical (unpaired) electrons. The summed E-state index contributed by atoms with van der Waals surface area (Å²) in [6.45, 7) is 1.44. The van der Waals surface area contributed by atoms with Crippen LogP contribution in [0.5, 0.6) is 0 Å². The molecule has 0 spiro atoms. The number of nitrogens with two attached hydrogens (primary N) is 4. The first-order valence-electron chi connectivity index (χ1n) is 2.13. The van der Waals surface area contributed by atoms with E-state index in [-0.39, 0.29) is 6.67 Å². The molecule has 8 N–H and O–H groups in total. The van der Waals surface area contributed by atoms with Gasteiger partial charge < -0.3 is 22.9 Å². The van der Waals surface area contributed by atoms with Gasteiger partial charge >= 0.3 is 0 Å². The summed E-state index contributed by atoms with van der Waals surface area (Å²) >= 11 is 0. The molecule has 0 aromatic rings. The first kappa shape index (κ1) is 9.96. The fourth-order valence-electron chi connectivity index (χ4n) is 0. The Kier molecular flexibility index (Phi) is 24.1. The molecule has 4 heteroatoms. The molecule has 0 rings (SSSR count). The van der Waals surface area contributed by atoms with Gasteiger partial charge in [0.2, 0.25) is 0 Å². The van der Waals surface area contributed by atoms with Gasteiger partial charge in [0.15, 0.2) is 0 Å². The molecule has 0 bridgehead atoms. The van der Waals surface area contributed by atoms with E-state index < -0.39 is 0 Å². The Morgan fingerprint density at radius 1 is 0.714 bits per heavy atom. The second-order valence-corrected chi connectivity index (χ2v) is 0.813. The van der Waals surface area contributed by atoms with Crippen LogP contribution >= 0.6 is 0 Å². The highest BCUT2D eigenvalue weighted by molar-refractivity contribution is 4.26. The highest BCUT2D eigenvalue weighted by atomic mass is 14.7. The molecule has 46 valence electrons. The van der Waals surface area contributed by atoms with Gasteiger partial charge in [0.25, 0.3) is 0 Å². The van der Waals surface area contributed by atoms with Crippen LogP contribution in [0.25, 0.3) is 0 Å². The lowest BCUT2D eigenvalue weighted by atomic mass is 10.7. The lowest BCUT2D eigenvalue weighted by molar-refractivity contribution is 0.976. The van der Waals surface area contributed by atoms with E-state index in [1.807, 2.05) is 0 Å². The van der Waals surface area contributed by atoms with E-state index in [1.165, 1.54) is 0 Å². The fraction of sp³-hybridized carbons (Fsp3) is 1.00. The van der Waals surface area contributed by atoms with Crippen molar-refractivity contribution in [3.05, 3.63) is 0 Å². The van der Waals surface area contributed by atoms with Crippen LogP contribution in [-0.2, 0) is 0 Å². The largest absolute Gasteiger partial charge is 0.329 e. The highest BCUT2D eigenvalue weighted by Crippen LogP contribution is 1.24. The molecule has 0 atom stereocenters. The normalized spacial score (nSPS) is 6.86. The third-order valence-electron chi connectivity index (χ3n) is 0.167. The van der Waals surface area contributed by atoms with Gasteiger partial charge in [-0.3, -0.25) is 0 Å². The average Bonchev–Trinajstić information content (AvgIpc) is 1.69. The molecule has 0 saturated carbocycles. The average molecular weight is 106 g/mol. The SMILES string of the molecule is NCCN.NCN. The third-order valence-corrected chi connectivity index (χ3v) is 0.167. The molecule has 0 heterocycles. The second-order valence-electron chi connectivity index (χ2n) is 0.813. The van der Waals surface area contributed by atoms with Crippen molar-refractivity contribution in [2.24, 2.45) is 22.9 Å². The van der Waals surface area contributed by atoms with E-state index >= 15 is 0 Å². The minimum Gasteiger partial charge on any atom is -0.329 e. The molecule has 0 aliphatic heterocycles. The van der Waals surface area contributed by atoms with E-state index in [1.54, 1.807) is 0 Å². The van der Waals surface area contributed by atoms with Crippen LogP contribution in [0.4, 0.5) is 0 Å². The van der Waals surface area contributed by atoms with Gasteiger partial charge in [-0.2, -0.15) is 0 Å². The van der Waals surface area contributed by atoms with Gasteiger partial charge in [0.1, 0.15) is 0 Å². The van der Waals surface area contributed by atoms with Crippen LogP contribution in [0.15, 0.2) is 0 Å². The minimum atomic E-state index is 0.250. The number of hydrogen-bond acceptors (Lipinski definition) is 4. The maximum absolute atomic E-state index is 4.90. The standard InChI is InChI=1S/C2H8N2.CH6N2/c3-1-2-4;2-1-3/h1-4H2;1-3H2. The predicted octanol–water partition coefficient (Wildman–Crippen LogP) is -2.23. The van der Waals surface area contributed by atoms with E-state index in [2.05, 4.69) is 11.5 Å². The van der Waals surface area contributed by atoms with Gasteiger partial charge in [-0.1, -0.05) is 0 Å². The first-order chi connectivity index (χ1) is 3.33. The van der Waals surface area contributed by atoms with Gasteiger partial charge in [-0.25, -0.2) is 0 Å². The molecule has 4 nitrogen and oxygen atoms in total. The van der Waals surface area contributed by atoms with Crippen LogP contribution in [-0.4, -0.2) is 19.8 Å². The molecular formula is C3H14N4. The quantitative estimate of drug-likeness (QED) is 0.284. The second kappa shape index (κ2) is 17.0. The van der Waals surface area contributed by atoms with Gasteiger partial charge in [0, 0.05) is 19.8 Å². The van der Waals surface area contributed by atoms with Gasteiger partial charge in [0.05, 0.1) is 0 Å².